The van der Waals surface area contributed by atoms with Crippen molar-refractivity contribution in [1.82, 2.24) is 5.01 Å². The molecule has 27 heavy (non-hydrogen) atoms. The largest absolute Gasteiger partial charge is 0.482 e. The average molecular weight is 425 g/mol. The zero-order chi connectivity index (χ0) is 20.0. The van der Waals surface area contributed by atoms with Gasteiger partial charge < -0.3 is 9.84 Å². The van der Waals surface area contributed by atoms with E-state index in [1.165, 1.54) is 18.2 Å². The van der Waals surface area contributed by atoms with E-state index in [0.717, 1.165) is 0 Å². The van der Waals surface area contributed by atoms with Gasteiger partial charge in [0.05, 0.1) is 10.9 Å². The molecule has 1 N–H and O–H groups in total. The summed E-state index contributed by atoms with van der Waals surface area (Å²) in [6, 6.07) is 4.23. The molecule has 0 bridgehead atoms. The maximum atomic E-state index is 13.7. The van der Waals surface area contributed by atoms with Gasteiger partial charge in [-0.3, -0.25) is 4.79 Å². The fourth-order valence-corrected chi connectivity index (χ4v) is 3.91. The Kier molecular flexibility index (Phi) is 5.35. The summed E-state index contributed by atoms with van der Waals surface area (Å²) < 4.78 is 46.4. The molecule has 1 aromatic rings. The summed E-state index contributed by atoms with van der Waals surface area (Å²) in [6.07, 6.45) is -4.00. The molecule has 2 aliphatic rings. The van der Waals surface area contributed by atoms with Crippen LogP contribution in [0.25, 0.3) is 0 Å². The maximum Gasteiger partial charge on any atom is 0.439 e. The molecule has 1 amide bonds. The average Bonchev–Trinajstić information content (AvgIpc) is 2.87. The molecule has 0 aromatic heterocycles. The topological polar surface area (TPSA) is 62.1 Å². The van der Waals surface area contributed by atoms with Crippen molar-refractivity contribution >= 4 is 34.8 Å². The number of rotatable bonds is 3. The Hall–Kier alpha value is -1.51. The molecular formula is C17H17Cl2F3N2O3. The van der Waals surface area contributed by atoms with Crippen LogP contribution < -0.4 is 4.74 Å². The molecule has 5 nitrogen and oxygen atoms in total. The number of carbonyl (C=O) groups excluding carboxylic acids is 1. The lowest BCUT2D eigenvalue weighted by Gasteiger charge is -2.39. The van der Waals surface area contributed by atoms with Crippen LogP contribution in [0.2, 0.25) is 10.0 Å². The van der Waals surface area contributed by atoms with E-state index >= 15 is 0 Å². The van der Waals surface area contributed by atoms with Gasteiger partial charge in [-0.15, -0.1) is 0 Å². The summed E-state index contributed by atoms with van der Waals surface area (Å²) >= 11 is 11.7. The summed E-state index contributed by atoms with van der Waals surface area (Å²) in [7, 11) is 0. The molecule has 1 aliphatic heterocycles. The first kappa shape index (κ1) is 20.2. The molecule has 1 aromatic carbocycles. The lowest BCUT2D eigenvalue weighted by atomic mass is 9.76. The number of amides is 1. The lowest BCUT2D eigenvalue weighted by Crippen LogP contribution is -2.62. The van der Waals surface area contributed by atoms with E-state index in [0.29, 0.717) is 17.9 Å². The molecule has 10 heteroatoms. The number of halogens is 5. The summed E-state index contributed by atoms with van der Waals surface area (Å²) in [5, 5.41) is 14.9. The summed E-state index contributed by atoms with van der Waals surface area (Å²) in [4.78, 5) is 12.4. The molecule has 1 fully saturated rings. The lowest BCUT2D eigenvalue weighted by molar-refractivity contribution is -0.318. The Morgan fingerprint density at radius 3 is 2.78 bits per heavy atom. The van der Waals surface area contributed by atoms with Crippen LogP contribution in [0.3, 0.4) is 0 Å². The van der Waals surface area contributed by atoms with Crippen LogP contribution >= 0.6 is 23.2 Å². The van der Waals surface area contributed by atoms with Crippen LogP contribution in [0.4, 0.5) is 13.2 Å². The highest BCUT2D eigenvalue weighted by molar-refractivity contribution is 6.35. The molecule has 0 radical (unpaired) electrons. The van der Waals surface area contributed by atoms with Gasteiger partial charge >= 0.3 is 6.18 Å². The zero-order valence-electron chi connectivity index (χ0n) is 14.3. The van der Waals surface area contributed by atoms with Crippen LogP contribution in [0.5, 0.6) is 5.75 Å². The van der Waals surface area contributed by atoms with Crippen LogP contribution in [0.15, 0.2) is 23.3 Å². The van der Waals surface area contributed by atoms with Crippen molar-refractivity contribution in [3.05, 3.63) is 28.2 Å². The Morgan fingerprint density at radius 2 is 2.15 bits per heavy atom. The number of alkyl halides is 3. The predicted octanol–water partition coefficient (Wildman–Crippen LogP) is 4.26. The predicted molar refractivity (Wildman–Crippen MR) is 93.7 cm³/mol. The molecule has 148 valence electrons. The highest BCUT2D eigenvalue weighted by atomic mass is 35.5. The first-order valence-corrected chi connectivity index (χ1v) is 9.07. The second kappa shape index (κ2) is 7.14. The van der Waals surface area contributed by atoms with E-state index in [2.05, 4.69) is 5.10 Å². The third kappa shape index (κ3) is 3.62. The van der Waals surface area contributed by atoms with Crippen molar-refractivity contribution in [2.24, 2.45) is 16.9 Å². The molecule has 3 atom stereocenters. The first-order valence-electron chi connectivity index (χ1n) is 8.31. The number of aliphatic hydroxyl groups is 1. The number of hydrogen-bond acceptors (Lipinski definition) is 4. The van der Waals surface area contributed by atoms with Crippen LogP contribution in [-0.2, 0) is 4.79 Å². The van der Waals surface area contributed by atoms with Gasteiger partial charge in [-0.2, -0.15) is 23.3 Å². The van der Waals surface area contributed by atoms with Gasteiger partial charge in [-0.1, -0.05) is 30.1 Å². The standard InChI is InChI=1S/C17H17Cl2F3N2O3/c1-9-2-4-13-11(6-9)16(26,17(20,21)22)24(23-13)15(25)8-27-14-5-3-10(18)7-12(14)19/h3,5,7,9,11,26H,2,4,6,8H2,1H3/t9-,11-,16-/m1/s1. The van der Waals surface area contributed by atoms with Gasteiger partial charge in [0.2, 0.25) is 0 Å². The summed E-state index contributed by atoms with van der Waals surface area (Å²) in [6.45, 7) is 1.04. The zero-order valence-corrected chi connectivity index (χ0v) is 15.8. The molecule has 0 saturated heterocycles. The number of nitrogens with zero attached hydrogens (tertiary/aromatic N) is 2. The molecular weight excluding hydrogens is 408 g/mol. The van der Waals surface area contributed by atoms with Crippen molar-refractivity contribution in [1.29, 1.82) is 0 Å². The Balaban J connectivity index is 1.82. The van der Waals surface area contributed by atoms with E-state index in [9.17, 15) is 23.1 Å². The van der Waals surface area contributed by atoms with Gasteiger partial charge in [-0.25, -0.2) is 0 Å². The van der Waals surface area contributed by atoms with Crippen LogP contribution in [-0.4, -0.2) is 40.2 Å². The second-order valence-corrected chi connectivity index (χ2v) is 7.66. The normalized spacial score (nSPS) is 28.0. The third-order valence-electron chi connectivity index (χ3n) is 4.87. The maximum absolute atomic E-state index is 13.7. The molecule has 3 rings (SSSR count). The van der Waals surface area contributed by atoms with Gasteiger partial charge in [0, 0.05) is 10.7 Å². The Bertz CT molecular complexity index is 787. The van der Waals surface area contributed by atoms with Crippen molar-refractivity contribution in [3.63, 3.8) is 0 Å². The number of hydrogen-bond donors (Lipinski definition) is 1. The van der Waals surface area contributed by atoms with E-state index in [1.807, 2.05) is 6.92 Å². The number of benzene rings is 1. The Morgan fingerprint density at radius 1 is 1.44 bits per heavy atom. The Labute approximate surface area is 163 Å². The monoisotopic (exact) mass is 424 g/mol. The highest BCUT2D eigenvalue weighted by Crippen LogP contribution is 2.49. The van der Waals surface area contributed by atoms with Crippen molar-refractivity contribution in [2.75, 3.05) is 6.61 Å². The van der Waals surface area contributed by atoms with Crippen molar-refractivity contribution in [3.8, 4) is 5.75 Å². The molecule has 0 unspecified atom stereocenters. The minimum absolute atomic E-state index is 0.0120. The number of carbonyl (C=O) groups is 1. The molecule has 1 saturated carbocycles. The van der Waals surface area contributed by atoms with Gasteiger partial charge in [0.15, 0.2) is 6.61 Å². The van der Waals surface area contributed by atoms with E-state index in [1.54, 1.807) is 0 Å². The summed E-state index contributed by atoms with van der Waals surface area (Å²) in [5.74, 6) is -2.32. The minimum atomic E-state index is -5.06. The van der Waals surface area contributed by atoms with Gasteiger partial charge in [-0.05, 0) is 43.4 Å². The SMILES string of the molecule is C[C@@H]1CCC2=NN(C(=O)COc3ccc(Cl)cc3Cl)[C@](O)(C(F)(F)F)[C@@H]2C1. The van der Waals surface area contributed by atoms with Gasteiger partial charge in [0.25, 0.3) is 11.6 Å². The number of ether oxygens (including phenoxy) is 1. The number of fused-ring (bicyclic) bond motifs is 1. The second-order valence-electron chi connectivity index (χ2n) is 6.82. The van der Waals surface area contributed by atoms with Crippen LogP contribution in [0, 0.1) is 11.8 Å². The van der Waals surface area contributed by atoms with Gasteiger partial charge in [0.1, 0.15) is 5.75 Å². The van der Waals surface area contributed by atoms with Crippen LogP contribution in [0.1, 0.15) is 26.2 Å². The fraction of sp³-hybridized carbons (Fsp3) is 0.529. The molecule has 0 spiro atoms. The quantitative estimate of drug-likeness (QED) is 0.788. The smallest absolute Gasteiger partial charge is 0.439 e. The van der Waals surface area contributed by atoms with Crippen molar-refractivity contribution in [2.45, 2.75) is 38.1 Å². The van der Waals surface area contributed by atoms with E-state index in [4.69, 9.17) is 27.9 Å². The summed E-state index contributed by atoms with van der Waals surface area (Å²) in [5.41, 5.74) is -3.19. The minimum Gasteiger partial charge on any atom is -0.482 e. The highest BCUT2D eigenvalue weighted by Gasteiger charge is 2.68. The molecule has 1 aliphatic carbocycles. The van der Waals surface area contributed by atoms with E-state index < -0.39 is 30.3 Å². The first-order chi connectivity index (χ1) is 12.5. The fourth-order valence-electron chi connectivity index (χ4n) is 3.45. The third-order valence-corrected chi connectivity index (χ3v) is 5.40. The van der Waals surface area contributed by atoms with Crippen molar-refractivity contribution < 1.29 is 27.8 Å². The molecule has 1 heterocycles. The number of hydrazone groups is 1. The van der Waals surface area contributed by atoms with E-state index in [-0.39, 0.29) is 33.8 Å².